The predicted octanol–water partition coefficient (Wildman–Crippen LogP) is 1.79. The summed E-state index contributed by atoms with van der Waals surface area (Å²) in [5, 5.41) is 3.98. The van der Waals surface area contributed by atoms with Gasteiger partial charge in [-0.15, -0.1) is 0 Å². The summed E-state index contributed by atoms with van der Waals surface area (Å²) in [7, 11) is 0. The van der Waals surface area contributed by atoms with Gasteiger partial charge in [0.15, 0.2) is 0 Å². The molecule has 0 unspecified atom stereocenters. The highest BCUT2D eigenvalue weighted by Crippen LogP contribution is 2.02. The van der Waals surface area contributed by atoms with E-state index in [9.17, 15) is 0 Å². The van der Waals surface area contributed by atoms with E-state index in [0.29, 0.717) is 0 Å². The zero-order valence-corrected chi connectivity index (χ0v) is 6.50. The molecular formula is C6H7BrN2. The van der Waals surface area contributed by atoms with E-state index in [1.807, 2.05) is 12.3 Å². The Bertz CT molecular complexity index is 191. The number of halogens is 1. The molecule has 3 heteroatoms. The van der Waals surface area contributed by atoms with Crippen molar-refractivity contribution in [1.29, 1.82) is 0 Å². The fourth-order valence-corrected chi connectivity index (χ4v) is 0.827. The molecule has 0 atom stereocenters. The molecule has 0 aromatic carbocycles. The molecule has 0 aliphatic carbocycles. The van der Waals surface area contributed by atoms with Gasteiger partial charge in [0, 0.05) is 16.9 Å². The molecule has 0 amide bonds. The minimum Gasteiger partial charge on any atom is -0.268 e. The van der Waals surface area contributed by atoms with Crippen molar-refractivity contribution in [2.45, 2.75) is 6.54 Å². The highest BCUT2D eigenvalue weighted by Gasteiger charge is 1.88. The van der Waals surface area contributed by atoms with Crippen LogP contribution in [0.1, 0.15) is 0 Å². The maximum atomic E-state index is 3.98. The Kier molecular flexibility index (Phi) is 2.05. The minimum absolute atomic E-state index is 0.743. The van der Waals surface area contributed by atoms with Gasteiger partial charge in [0.2, 0.25) is 0 Å². The van der Waals surface area contributed by atoms with E-state index < -0.39 is 0 Å². The smallest absolute Gasteiger partial charge is 0.0718 e. The highest BCUT2D eigenvalue weighted by atomic mass is 79.9. The lowest BCUT2D eigenvalue weighted by molar-refractivity contribution is 0.698. The summed E-state index contributed by atoms with van der Waals surface area (Å²) >= 11 is 3.24. The third-order valence-electron chi connectivity index (χ3n) is 0.893. The van der Waals surface area contributed by atoms with Gasteiger partial charge in [-0.3, -0.25) is 4.68 Å². The van der Waals surface area contributed by atoms with Gasteiger partial charge in [-0.1, -0.05) is 22.5 Å². The van der Waals surface area contributed by atoms with Gasteiger partial charge in [-0.2, -0.15) is 5.10 Å². The van der Waals surface area contributed by atoms with E-state index in [4.69, 9.17) is 0 Å². The molecule has 0 radical (unpaired) electrons. The van der Waals surface area contributed by atoms with Crippen LogP contribution >= 0.6 is 15.9 Å². The van der Waals surface area contributed by atoms with E-state index in [2.05, 4.69) is 27.6 Å². The molecule has 2 nitrogen and oxygen atoms in total. The fourth-order valence-electron chi connectivity index (χ4n) is 0.570. The number of hydrogen-bond acceptors (Lipinski definition) is 1. The van der Waals surface area contributed by atoms with Crippen molar-refractivity contribution >= 4 is 15.9 Å². The molecule has 0 fully saturated rings. The zero-order chi connectivity index (χ0) is 6.69. The first-order chi connectivity index (χ1) is 4.29. The lowest BCUT2D eigenvalue weighted by Crippen LogP contribution is -1.96. The maximum absolute atomic E-state index is 3.98. The molecule has 0 spiro atoms. The summed E-state index contributed by atoms with van der Waals surface area (Å²) in [4.78, 5) is 0. The lowest BCUT2D eigenvalue weighted by Gasteiger charge is -1.95. The van der Waals surface area contributed by atoms with E-state index in [1.54, 1.807) is 10.9 Å². The van der Waals surface area contributed by atoms with Crippen LogP contribution in [-0.2, 0) is 6.54 Å². The number of allylic oxidation sites excluding steroid dienone is 1. The summed E-state index contributed by atoms with van der Waals surface area (Å²) in [6.07, 6.45) is 3.64. The van der Waals surface area contributed by atoms with Gasteiger partial charge in [0.05, 0.1) is 6.54 Å². The van der Waals surface area contributed by atoms with Crippen LogP contribution in [0.5, 0.6) is 0 Å². The summed E-state index contributed by atoms with van der Waals surface area (Å²) in [6.45, 7) is 4.43. The Balaban J connectivity index is 2.58. The Labute approximate surface area is 62.3 Å². The monoisotopic (exact) mass is 186 g/mol. The van der Waals surface area contributed by atoms with Crippen LogP contribution in [-0.4, -0.2) is 9.78 Å². The third kappa shape index (κ3) is 2.01. The number of aromatic nitrogens is 2. The van der Waals surface area contributed by atoms with Gasteiger partial charge in [-0.25, -0.2) is 0 Å². The number of nitrogens with zero attached hydrogens (tertiary/aromatic N) is 2. The van der Waals surface area contributed by atoms with Gasteiger partial charge >= 0.3 is 0 Å². The summed E-state index contributed by atoms with van der Waals surface area (Å²) in [6, 6.07) is 1.88. The quantitative estimate of drug-likeness (QED) is 0.690. The molecule has 9 heavy (non-hydrogen) atoms. The van der Waals surface area contributed by atoms with Crippen molar-refractivity contribution in [3.05, 3.63) is 29.5 Å². The molecule has 1 aromatic heterocycles. The van der Waals surface area contributed by atoms with Crippen molar-refractivity contribution < 1.29 is 0 Å². The van der Waals surface area contributed by atoms with Crippen molar-refractivity contribution in [2.75, 3.05) is 0 Å². The standard InChI is InChI=1S/C6H7BrN2/c1-6(7)5-9-4-2-3-8-9/h2-4H,1,5H2. The van der Waals surface area contributed by atoms with Gasteiger partial charge in [0.25, 0.3) is 0 Å². The molecule has 1 aromatic rings. The first-order valence-electron chi connectivity index (χ1n) is 2.60. The summed E-state index contributed by atoms with van der Waals surface area (Å²) in [5.74, 6) is 0. The van der Waals surface area contributed by atoms with Crippen LogP contribution in [0.25, 0.3) is 0 Å². The van der Waals surface area contributed by atoms with Crippen LogP contribution in [0, 0.1) is 0 Å². The molecule has 0 N–H and O–H groups in total. The topological polar surface area (TPSA) is 17.8 Å². The Morgan fingerprint density at radius 1 is 1.78 bits per heavy atom. The minimum atomic E-state index is 0.743. The van der Waals surface area contributed by atoms with E-state index >= 15 is 0 Å². The Morgan fingerprint density at radius 2 is 2.56 bits per heavy atom. The molecule has 0 saturated carbocycles. The van der Waals surface area contributed by atoms with E-state index in [0.717, 1.165) is 11.0 Å². The average molecular weight is 187 g/mol. The second-order valence-corrected chi connectivity index (χ2v) is 2.84. The molecule has 0 saturated heterocycles. The molecule has 1 rings (SSSR count). The van der Waals surface area contributed by atoms with Gasteiger partial charge < -0.3 is 0 Å². The predicted molar refractivity (Wildman–Crippen MR) is 40.3 cm³/mol. The van der Waals surface area contributed by atoms with Crippen LogP contribution in [0.15, 0.2) is 29.5 Å². The Hall–Kier alpha value is -0.570. The van der Waals surface area contributed by atoms with Crippen LogP contribution in [0.2, 0.25) is 0 Å². The molecule has 1 heterocycles. The molecule has 0 aliphatic heterocycles. The second-order valence-electron chi connectivity index (χ2n) is 1.72. The molecule has 48 valence electrons. The molecule has 0 aliphatic rings. The number of hydrogen-bond donors (Lipinski definition) is 0. The third-order valence-corrected chi connectivity index (χ3v) is 1.14. The summed E-state index contributed by atoms with van der Waals surface area (Å²) < 4.78 is 2.74. The van der Waals surface area contributed by atoms with Crippen molar-refractivity contribution in [3.63, 3.8) is 0 Å². The average Bonchev–Trinajstić information content (AvgIpc) is 2.15. The van der Waals surface area contributed by atoms with Crippen LogP contribution < -0.4 is 0 Å². The SMILES string of the molecule is C=C(Br)Cn1cccn1. The Morgan fingerprint density at radius 3 is 3.00 bits per heavy atom. The second kappa shape index (κ2) is 2.82. The van der Waals surface area contributed by atoms with E-state index in [1.165, 1.54) is 0 Å². The van der Waals surface area contributed by atoms with Gasteiger partial charge in [0.1, 0.15) is 0 Å². The molecule has 0 bridgehead atoms. The van der Waals surface area contributed by atoms with Crippen LogP contribution in [0.3, 0.4) is 0 Å². The van der Waals surface area contributed by atoms with Crippen LogP contribution in [0.4, 0.5) is 0 Å². The normalized spacial score (nSPS) is 9.44. The molecular weight excluding hydrogens is 180 g/mol. The fraction of sp³-hybridized carbons (Fsp3) is 0.167. The van der Waals surface area contributed by atoms with Gasteiger partial charge in [-0.05, 0) is 6.07 Å². The first-order valence-corrected chi connectivity index (χ1v) is 3.39. The highest BCUT2D eigenvalue weighted by molar-refractivity contribution is 9.11. The number of rotatable bonds is 2. The maximum Gasteiger partial charge on any atom is 0.0718 e. The largest absolute Gasteiger partial charge is 0.268 e. The zero-order valence-electron chi connectivity index (χ0n) is 4.92. The van der Waals surface area contributed by atoms with Crippen molar-refractivity contribution in [1.82, 2.24) is 9.78 Å². The lowest BCUT2D eigenvalue weighted by atomic mass is 10.6. The first kappa shape index (κ1) is 6.55. The van der Waals surface area contributed by atoms with Crippen molar-refractivity contribution in [2.24, 2.45) is 0 Å². The van der Waals surface area contributed by atoms with Crippen molar-refractivity contribution in [3.8, 4) is 0 Å². The summed E-state index contributed by atoms with van der Waals surface area (Å²) in [5.41, 5.74) is 0. The van der Waals surface area contributed by atoms with E-state index in [-0.39, 0.29) is 0 Å².